The maximum atomic E-state index is 13.1. The lowest BCUT2D eigenvalue weighted by Gasteiger charge is -2.30. The Morgan fingerprint density at radius 3 is 2.72 bits per heavy atom. The van der Waals surface area contributed by atoms with Gasteiger partial charge < -0.3 is 14.1 Å². The molecule has 156 valence electrons. The Hall–Kier alpha value is -2.36. The molecule has 0 bridgehead atoms. The molecule has 1 amide bonds. The van der Waals surface area contributed by atoms with Gasteiger partial charge in [0.1, 0.15) is 5.58 Å². The Kier molecular flexibility index (Phi) is 7.29. The van der Waals surface area contributed by atoms with Crippen molar-refractivity contribution < 1.29 is 13.9 Å². The van der Waals surface area contributed by atoms with Gasteiger partial charge in [-0.05, 0) is 36.1 Å². The second-order valence-electron chi connectivity index (χ2n) is 8.04. The van der Waals surface area contributed by atoms with E-state index < -0.39 is 0 Å². The van der Waals surface area contributed by atoms with E-state index in [9.17, 15) is 4.79 Å². The molecular weight excluding hydrogens is 366 g/mol. The standard InChI is InChI=1S/C23H31N3O3/c1-17(2)20-15-21-19(16-29-22(21)13-18(20)3)14-23(27)26(6-4-5-24)8-7-25-9-11-28-12-10-25/h13,15-17H,4,6-12,14H2,1-3H3. The number of benzene rings is 1. The molecule has 1 saturated heterocycles. The van der Waals surface area contributed by atoms with E-state index >= 15 is 0 Å². The van der Waals surface area contributed by atoms with Crippen molar-refractivity contribution in [3.8, 4) is 6.07 Å². The van der Waals surface area contributed by atoms with Gasteiger partial charge in [-0.3, -0.25) is 9.69 Å². The lowest BCUT2D eigenvalue weighted by atomic mass is 9.95. The molecule has 3 rings (SSSR count). The molecule has 0 atom stereocenters. The molecule has 0 unspecified atom stereocenters. The summed E-state index contributed by atoms with van der Waals surface area (Å²) in [6.07, 6.45) is 2.34. The first kappa shape index (κ1) is 21.4. The summed E-state index contributed by atoms with van der Waals surface area (Å²) in [5.41, 5.74) is 4.23. The Labute approximate surface area is 173 Å². The van der Waals surface area contributed by atoms with Crippen LogP contribution in [0.25, 0.3) is 11.0 Å². The van der Waals surface area contributed by atoms with Crippen LogP contribution >= 0.6 is 0 Å². The Bertz CT molecular complexity index is 875. The van der Waals surface area contributed by atoms with Crippen LogP contribution in [0.1, 0.15) is 42.9 Å². The van der Waals surface area contributed by atoms with Gasteiger partial charge in [-0.25, -0.2) is 0 Å². The fourth-order valence-corrected chi connectivity index (χ4v) is 3.91. The molecule has 1 aliphatic heterocycles. The molecule has 2 heterocycles. The monoisotopic (exact) mass is 397 g/mol. The third-order valence-electron chi connectivity index (χ3n) is 5.64. The normalized spacial score (nSPS) is 15.0. The maximum absolute atomic E-state index is 13.1. The number of carbonyl (C=O) groups is 1. The van der Waals surface area contributed by atoms with Crippen LogP contribution < -0.4 is 0 Å². The number of furan rings is 1. The molecule has 6 nitrogen and oxygen atoms in total. The maximum Gasteiger partial charge on any atom is 0.227 e. The van der Waals surface area contributed by atoms with Crippen molar-refractivity contribution in [1.82, 2.24) is 9.80 Å². The summed E-state index contributed by atoms with van der Waals surface area (Å²) < 4.78 is 11.1. The molecule has 1 fully saturated rings. The Balaban J connectivity index is 1.72. The van der Waals surface area contributed by atoms with E-state index in [-0.39, 0.29) is 5.91 Å². The number of amides is 1. The third kappa shape index (κ3) is 5.37. The minimum atomic E-state index is 0.0443. The first-order chi connectivity index (χ1) is 14.0. The van der Waals surface area contributed by atoms with Crippen molar-refractivity contribution in [2.45, 2.75) is 39.5 Å². The van der Waals surface area contributed by atoms with E-state index in [1.807, 2.05) is 4.90 Å². The molecule has 0 aliphatic carbocycles. The molecule has 0 spiro atoms. The highest BCUT2D eigenvalue weighted by Crippen LogP contribution is 2.29. The van der Waals surface area contributed by atoms with Crippen LogP contribution in [0.2, 0.25) is 0 Å². The summed E-state index contributed by atoms with van der Waals surface area (Å²) in [7, 11) is 0. The van der Waals surface area contributed by atoms with Crippen LogP contribution in [-0.2, 0) is 16.0 Å². The summed E-state index contributed by atoms with van der Waals surface area (Å²) in [5.74, 6) is 0.460. The number of nitrogens with zero attached hydrogens (tertiary/aromatic N) is 3. The van der Waals surface area contributed by atoms with Crippen LogP contribution in [0.4, 0.5) is 0 Å². The third-order valence-corrected chi connectivity index (χ3v) is 5.64. The number of hydrogen-bond acceptors (Lipinski definition) is 5. The van der Waals surface area contributed by atoms with Crippen LogP contribution in [0.5, 0.6) is 0 Å². The topological polar surface area (TPSA) is 69.7 Å². The number of fused-ring (bicyclic) bond motifs is 1. The van der Waals surface area contributed by atoms with Gasteiger partial charge in [0.05, 0.1) is 38.4 Å². The van der Waals surface area contributed by atoms with Crippen molar-refractivity contribution >= 4 is 16.9 Å². The van der Waals surface area contributed by atoms with Crippen molar-refractivity contribution in [2.75, 3.05) is 45.9 Å². The fourth-order valence-electron chi connectivity index (χ4n) is 3.91. The number of hydrogen-bond donors (Lipinski definition) is 0. The van der Waals surface area contributed by atoms with E-state index in [2.05, 4.69) is 43.9 Å². The van der Waals surface area contributed by atoms with E-state index in [0.29, 0.717) is 31.8 Å². The molecule has 1 aliphatic rings. The summed E-state index contributed by atoms with van der Waals surface area (Å²) in [4.78, 5) is 17.2. The number of nitriles is 1. The Morgan fingerprint density at radius 1 is 1.28 bits per heavy atom. The van der Waals surface area contributed by atoms with Gasteiger partial charge in [0.25, 0.3) is 0 Å². The van der Waals surface area contributed by atoms with Gasteiger partial charge in [0.2, 0.25) is 5.91 Å². The minimum Gasteiger partial charge on any atom is -0.464 e. The molecule has 6 heteroatoms. The number of ether oxygens (including phenoxy) is 1. The zero-order valence-corrected chi connectivity index (χ0v) is 17.7. The predicted octanol–water partition coefficient (Wildman–Crippen LogP) is 3.48. The van der Waals surface area contributed by atoms with Crippen molar-refractivity contribution in [3.63, 3.8) is 0 Å². The van der Waals surface area contributed by atoms with Gasteiger partial charge in [0.15, 0.2) is 0 Å². The first-order valence-corrected chi connectivity index (χ1v) is 10.4. The highest BCUT2D eigenvalue weighted by atomic mass is 16.5. The number of carbonyl (C=O) groups excluding carboxylic acids is 1. The van der Waals surface area contributed by atoms with Gasteiger partial charge in [-0.1, -0.05) is 13.8 Å². The zero-order valence-electron chi connectivity index (χ0n) is 17.7. The van der Waals surface area contributed by atoms with Crippen LogP contribution in [0.3, 0.4) is 0 Å². The van der Waals surface area contributed by atoms with Gasteiger partial charge in [0, 0.05) is 43.7 Å². The second kappa shape index (κ2) is 9.91. The lowest BCUT2D eigenvalue weighted by molar-refractivity contribution is -0.130. The molecule has 0 N–H and O–H groups in total. The van der Waals surface area contributed by atoms with Crippen molar-refractivity contribution in [1.29, 1.82) is 5.26 Å². The average Bonchev–Trinajstić information content (AvgIpc) is 3.09. The summed E-state index contributed by atoms with van der Waals surface area (Å²) in [6.45, 7) is 11.6. The van der Waals surface area contributed by atoms with Crippen LogP contribution in [0.15, 0.2) is 22.8 Å². The number of rotatable bonds is 8. The molecular formula is C23H31N3O3. The second-order valence-corrected chi connectivity index (χ2v) is 8.04. The summed E-state index contributed by atoms with van der Waals surface area (Å²) in [6, 6.07) is 6.38. The molecule has 2 aromatic rings. The van der Waals surface area contributed by atoms with Gasteiger partial charge in [-0.15, -0.1) is 0 Å². The average molecular weight is 398 g/mol. The lowest BCUT2D eigenvalue weighted by Crippen LogP contribution is -2.43. The highest BCUT2D eigenvalue weighted by Gasteiger charge is 2.19. The van der Waals surface area contributed by atoms with Crippen LogP contribution in [0, 0.1) is 18.3 Å². The van der Waals surface area contributed by atoms with E-state index in [0.717, 1.165) is 49.4 Å². The van der Waals surface area contributed by atoms with E-state index in [4.69, 9.17) is 14.4 Å². The molecule has 1 aromatic carbocycles. The van der Waals surface area contributed by atoms with Crippen molar-refractivity contribution in [3.05, 3.63) is 35.1 Å². The first-order valence-electron chi connectivity index (χ1n) is 10.4. The molecule has 1 aromatic heterocycles. The quantitative estimate of drug-likeness (QED) is 0.682. The number of aryl methyl sites for hydroxylation is 1. The van der Waals surface area contributed by atoms with Gasteiger partial charge in [-0.2, -0.15) is 5.26 Å². The summed E-state index contributed by atoms with van der Waals surface area (Å²) in [5, 5.41) is 10.0. The highest BCUT2D eigenvalue weighted by molar-refractivity contribution is 5.88. The fraction of sp³-hybridized carbons (Fsp3) is 0.565. The smallest absolute Gasteiger partial charge is 0.227 e. The van der Waals surface area contributed by atoms with Gasteiger partial charge >= 0.3 is 0 Å². The Morgan fingerprint density at radius 2 is 2.03 bits per heavy atom. The van der Waals surface area contributed by atoms with E-state index in [1.165, 1.54) is 11.1 Å². The molecule has 29 heavy (non-hydrogen) atoms. The molecule has 0 saturated carbocycles. The SMILES string of the molecule is Cc1cc2occ(CC(=O)N(CCC#N)CCN3CCOCC3)c2cc1C(C)C. The van der Waals surface area contributed by atoms with E-state index in [1.54, 1.807) is 6.26 Å². The molecule has 0 radical (unpaired) electrons. The largest absolute Gasteiger partial charge is 0.464 e. The predicted molar refractivity (Wildman–Crippen MR) is 113 cm³/mol. The number of morpholine rings is 1. The minimum absolute atomic E-state index is 0.0443. The van der Waals surface area contributed by atoms with Crippen molar-refractivity contribution in [2.24, 2.45) is 0 Å². The summed E-state index contributed by atoms with van der Waals surface area (Å²) >= 11 is 0. The van der Waals surface area contributed by atoms with Crippen LogP contribution in [-0.4, -0.2) is 61.6 Å². The zero-order chi connectivity index (χ0) is 20.8.